The van der Waals surface area contributed by atoms with Crippen LogP contribution in [0.25, 0.3) is 0 Å². The van der Waals surface area contributed by atoms with E-state index in [1.165, 1.54) is 6.42 Å². The van der Waals surface area contributed by atoms with Crippen molar-refractivity contribution in [2.45, 2.75) is 60.8 Å². The van der Waals surface area contributed by atoms with Crippen molar-refractivity contribution < 1.29 is 9.90 Å². The van der Waals surface area contributed by atoms with E-state index in [0.717, 1.165) is 12.8 Å². The van der Waals surface area contributed by atoms with E-state index in [1.807, 2.05) is 0 Å². The molecule has 0 spiro atoms. The zero-order valence-corrected chi connectivity index (χ0v) is 12.2. The number of carboxylic acid groups (broad SMARTS) is 1. The van der Waals surface area contributed by atoms with E-state index in [-0.39, 0.29) is 16.7 Å². The standard InChI is InChI=1S/C15H28O2/c1-14(2,3)11-7-10(13(16)17)8-12(9-11)15(4,5)6/h10-12H,7-9H2,1-6H3,(H,16,17)/t11-,12-/m1/s1. The molecule has 0 aliphatic heterocycles. The molecule has 1 aliphatic carbocycles. The van der Waals surface area contributed by atoms with Gasteiger partial charge in [0, 0.05) is 0 Å². The summed E-state index contributed by atoms with van der Waals surface area (Å²) < 4.78 is 0. The number of carbonyl (C=O) groups is 1. The lowest BCUT2D eigenvalue weighted by atomic mass is 9.60. The largest absolute Gasteiger partial charge is 0.481 e. The third-order valence-electron chi connectivity index (χ3n) is 4.51. The van der Waals surface area contributed by atoms with E-state index in [1.54, 1.807) is 0 Å². The molecule has 2 nitrogen and oxygen atoms in total. The Bertz CT molecular complexity index is 258. The van der Waals surface area contributed by atoms with E-state index in [4.69, 9.17) is 0 Å². The Balaban J connectivity index is 2.88. The summed E-state index contributed by atoms with van der Waals surface area (Å²) >= 11 is 0. The minimum Gasteiger partial charge on any atom is -0.481 e. The maximum absolute atomic E-state index is 11.3. The van der Waals surface area contributed by atoms with Crippen molar-refractivity contribution in [3.05, 3.63) is 0 Å². The predicted octanol–water partition coefficient (Wildman–Crippen LogP) is 4.20. The molecule has 0 aromatic carbocycles. The van der Waals surface area contributed by atoms with Crippen LogP contribution in [0, 0.1) is 28.6 Å². The fourth-order valence-electron chi connectivity index (χ4n) is 2.93. The average molecular weight is 240 g/mol. The Kier molecular flexibility index (Phi) is 3.95. The first-order valence-electron chi connectivity index (χ1n) is 6.74. The first-order valence-corrected chi connectivity index (χ1v) is 6.74. The Morgan fingerprint density at radius 3 is 1.47 bits per heavy atom. The van der Waals surface area contributed by atoms with Gasteiger partial charge in [-0.2, -0.15) is 0 Å². The van der Waals surface area contributed by atoms with Crippen LogP contribution in [0.15, 0.2) is 0 Å². The van der Waals surface area contributed by atoms with E-state index in [2.05, 4.69) is 41.5 Å². The second-order valence-electron chi connectivity index (χ2n) is 7.87. The van der Waals surface area contributed by atoms with Crippen molar-refractivity contribution in [2.75, 3.05) is 0 Å². The van der Waals surface area contributed by atoms with Crippen LogP contribution >= 0.6 is 0 Å². The van der Waals surface area contributed by atoms with Gasteiger partial charge in [0.25, 0.3) is 0 Å². The summed E-state index contributed by atoms with van der Waals surface area (Å²) in [6.07, 6.45) is 2.88. The molecule has 0 amide bonds. The second kappa shape index (κ2) is 4.62. The van der Waals surface area contributed by atoms with Gasteiger partial charge in [-0.05, 0) is 41.9 Å². The molecule has 0 radical (unpaired) electrons. The molecule has 0 saturated heterocycles. The van der Waals surface area contributed by atoms with Crippen LogP contribution < -0.4 is 0 Å². The van der Waals surface area contributed by atoms with E-state index in [9.17, 15) is 9.90 Å². The third kappa shape index (κ3) is 3.72. The highest BCUT2D eigenvalue weighted by atomic mass is 16.4. The van der Waals surface area contributed by atoms with Gasteiger partial charge in [-0.1, -0.05) is 41.5 Å². The maximum Gasteiger partial charge on any atom is 0.306 e. The fraction of sp³-hybridized carbons (Fsp3) is 0.933. The Labute approximate surface area is 106 Å². The second-order valence-corrected chi connectivity index (χ2v) is 7.87. The molecular weight excluding hydrogens is 212 g/mol. The molecule has 2 heteroatoms. The molecule has 1 saturated carbocycles. The number of hydrogen-bond donors (Lipinski definition) is 1. The molecule has 17 heavy (non-hydrogen) atoms. The molecular formula is C15H28O2. The lowest BCUT2D eigenvalue weighted by molar-refractivity contribution is -0.145. The van der Waals surface area contributed by atoms with Crippen molar-refractivity contribution in [2.24, 2.45) is 28.6 Å². The lowest BCUT2D eigenvalue weighted by Crippen LogP contribution is -2.38. The predicted molar refractivity (Wildman–Crippen MR) is 70.9 cm³/mol. The van der Waals surface area contributed by atoms with E-state index < -0.39 is 5.97 Å². The quantitative estimate of drug-likeness (QED) is 0.746. The zero-order valence-electron chi connectivity index (χ0n) is 12.2. The van der Waals surface area contributed by atoms with Crippen molar-refractivity contribution in [1.82, 2.24) is 0 Å². The molecule has 0 aromatic rings. The number of aliphatic carboxylic acids is 1. The SMILES string of the molecule is CC(C)(C)[C@@H]1CC(C(=O)O)C[C@@H](C(C)(C)C)C1. The molecule has 1 fully saturated rings. The molecule has 2 atom stereocenters. The van der Waals surface area contributed by atoms with Crippen LogP contribution in [0.5, 0.6) is 0 Å². The van der Waals surface area contributed by atoms with Gasteiger partial charge in [-0.25, -0.2) is 0 Å². The minimum absolute atomic E-state index is 0.141. The van der Waals surface area contributed by atoms with Crippen molar-refractivity contribution in [3.8, 4) is 0 Å². The van der Waals surface area contributed by atoms with Gasteiger partial charge in [0.1, 0.15) is 0 Å². The topological polar surface area (TPSA) is 37.3 Å². The Morgan fingerprint density at radius 2 is 1.24 bits per heavy atom. The minimum atomic E-state index is -0.604. The highest BCUT2D eigenvalue weighted by Crippen LogP contribution is 2.48. The molecule has 100 valence electrons. The highest BCUT2D eigenvalue weighted by molar-refractivity contribution is 5.70. The third-order valence-corrected chi connectivity index (χ3v) is 4.51. The number of rotatable bonds is 1. The van der Waals surface area contributed by atoms with Gasteiger partial charge < -0.3 is 5.11 Å². The first-order chi connectivity index (χ1) is 7.51. The molecule has 0 aromatic heterocycles. The molecule has 0 unspecified atom stereocenters. The molecule has 1 N–H and O–H groups in total. The average Bonchev–Trinajstić information content (AvgIpc) is 2.14. The van der Waals surface area contributed by atoms with Crippen LogP contribution in [-0.2, 0) is 4.79 Å². The van der Waals surface area contributed by atoms with Gasteiger partial charge in [-0.3, -0.25) is 4.79 Å². The number of carboxylic acids is 1. The fourth-order valence-corrected chi connectivity index (χ4v) is 2.93. The van der Waals surface area contributed by atoms with Crippen LogP contribution in [0.3, 0.4) is 0 Å². The maximum atomic E-state index is 11.3. The van der Waals surface area contributed by atoms with Crippen molar-refractivity contribution >= 4 is 5.97 Å². The summed E-state index contributed by atoms with van der Waals surface area (Å²) in [5.74, 6) is 0.313. The summed E-state index contributed by atoms with van der Waals surface area (Å²) in [7, 11) is 0. The van der Waals surface area contributed by atoms with Crippen LogP contribution in [-0.4, -0.2) is 11.1 Å². The van der Waals surface area contributed by atoms with Gasteiger partial charge in [0.15, 0.2) is 0 Å². The highest BCUT2D eigenvalue weighted by Gasteiger charge is 2.41. The van der Waals surface area contributed by atoms with Crippen LogP contribution in [0.1, 0.15) is 60.8 Å². The summed E-state index contributed by atoms with van der Waals surface area (Å²) in [4.78, 5) is 11.3. The van der Waals surface area contributed by atoms with Crippen LogP contribution in [0.4, 0.5) is 0 Å². The normalized spacial score (nSPS) is 31.3. The van der Waals surface area contributed by atoms with Gasteiger partial charge >= 0.3 is 5.97 Å². The molecule has 0 bridgehead atoms. The number of hydrogen-bond acceptors (Lipinski definition) is 1. The van der Waals surface area contributed by atoms with E-state index >= 15 is 0 Å². The summed E-state index contributed by atoms with van der Waals surface area (Å²) in [5, 5.41) is 9.31. The molecule has 1 rings (SSSR count). The van der Waals surface area contributed by atoms with Crippen molar-refractivity contribution in [3.63, 3.8) is 0 Å². The monoisotopic (exact) mass is 240 g/mol. The first kappa shape index (κ1) is 14.5. The zero-order chi connectivity index (χ0) is 13.4. The van der Waals surface area contributed by atoms with Gasteiger partial charge in [0.05, 0.1) is 5.92 Å². The van der Waals surface area contributed by atoms with Gasteiger partial charge in [0.2, 0.25) is 0 Å². The van der Waals surface area contributed by atoms with Crippen LogP contribution in [0.2, 0.25) is 0 Å². The summed E-state index contributed by atoms with van der Waals surface area (Å²) in [5.41, 5.74) is 0.440. The Hall–Kier alpha value is -0.530. The van der Waals surface area contributed by atoms with E-state index in [0.29, 0.717) is 11.8 Å². The lowest BCUT2D eigenvalue weighted by Gasteiger charge is -2.44. The molecule has 0 heterocycles. The smallest absolute Gasteiger partial charge is 0.306 e. The van der Waals surface area contributed by atoms with Gasteiger partial charge in [-0.15, -0.1) is 0 Å². The molecule has 1 aliphatic rings. The Morgan fingerprint density at radius 1 is 0.882 bits per heavy atom. The van der Waals surface area contributed by atoms with Crippen molar-refractivity contribution in [1.29, 1.82) is 0 Å². The summed E-state index contributed by atoms with van der Waals surface area (Å²) in [6.45, 7) is 13.4. The summed E-state index contributed by atoms with van der Waals surface area (Å²) in [6, 6.07) is 0.